The molecule has 0 saturated heterocycles. The molecule has 0 saturated carbocycles. The van der Waals surface area contributed by atoms with Crippen LogP contribution in [0.3, 0.4) is 0 Å². The van der Waals surface area contributed by atoms with E-state index in [-0.39, 0.29) is 5.91 Å². The van der Waals surface area contributed by atoms with Gasteiger partial charge >= 0.3 is 0 Å². The second-order valence-electron chi connectivity index (χ2n) is 4.26. The Bertz CT molecular complexity index is 548. The highest BCUT2D eigenvalue weighted by Crippen LogP contribution is 2.21. The highest BCUT2D eigenvalue weighted by atomic mass is 16.2. The molecule has 2 rings (SSSR count). The van der Waals surface area contributed by atoms with E-state index in [9.17, 15) is 4.79 Å². The molecule has 0 aliphatic carbocycles. The number of hydrogen-bond acceptors (Lipinski definition) is 3. The molecule has 18 heavy (non-hydrogen) atoms. The van der Waals surface area contributed by atoms with Gasteiger partial charge in [0.05, 0.1) is 17.2 Å². The molecule has 1 atom stereocenters. The van der Waals surface area contributed by atoms with Gasteiger partial charge in [0.25, 0.3) is 0 Å². The molecule has 1 heterocycles. The number of amides is 1. The number of benzene rings is 1. The van der Waals surface area contributed by atoms with Crippen LogP contribution in [0.2, 0.25) is 0 Å². The Kier molecular flexibility index (Phi) is 3.89. The van der Waals surface area contributed by atoms with Gasteiger partial charge in [0.2, 0.25) is 5.91 Å². The molecule has 3 N–H and O–H groups in total. The number of pyridine rings is 1. The second-order valence-corrected chi connectivity index (χ2v) is 4.26. The van der Waals surface area contributed by atoms with Crippen LogP contribution >= 0.6 is 0 Å². The first-order chi connectivity index (χ1) is 8.72. The van der Waals surface area contributed by atoms with E-state index < -0.39 is 6.04 Å². The molecule has 1 aromatic heterocycles. The van der Waals surface area contributed by atoms with Gasteiger partial charge in [0.15, 0.2) is 0 Å². The Morgan fingerprint density at radius 3 is 3.00 bits per heavy atom. The maximum Gasteiger partial charge on any atom is 0.241 e. The molecule has 1 amide bonds. The lowest BCUT2D eigenvalue weighted by Gasteiger charge is -2.12. The van der Waals surface area contributed by atoms with Crippen molar-refractivity contribution in [3.05, 3.63) is 36.5 Å². The summed E-state index contributed by atoms with van der Waals surface area (Å²) in [6.07, 6.45) is 3.32. The summed E-state index contributed by atoms with van der Waals surface area (Å²) in [6.45, 7) is 2.01. The third-order valence-corrected chi connectivity index (χ3v) is 2.84. The van der Waals surface area contributed by atoms with Crippen molar-refractivity contribution >= 4 is 22.5 Å². The highest BCUT2D eigenvalue weighted by molar-refractivity contribution is 6.02. The summed E-state index contributed by atoms with van der Waals surface area (Å²) in [6, 6.07) is 8.98. The Hall–Kier alpha value is -1.94. The third-order valence-electron chi connectivity index (χ3n) is 2.84. The van der Waals surface area contributed by atoms with E-state index in [1.165, 1.54) is 0 Å². The second kappa shape index (κ2) is 5.60. The van der Waals surface area contributed by atoms with Gasteiger partial charge in [-0.1, -0.05) is 19.4 Å². The minimum absolute atomic E-state index is 0.145. The fourth-order valence-electron chi connectivity index (χ4n) is 1.88. The van der Waals surface area contributed by atoms with E-state index in [4.69, 9.17) is 5.73 Å². The molecule has 0 spiro atoms. The molecule has 0 aliphatic heterocycles. The molecule has 0 unspecified atom stereocenters. The van der Waals surface area contributed by atoms with Crippen molar-refractivity contribution < 1.29 is 4.79 Å². The van der Waals surface area contributed by atoms with E-state index >= 15 is 0 Å². The zero-order valence-corrected chi connectivity index (χ0v) is 10.4. The van der Waals surface area contributed by atoms with Crippen molar-refractivity contribution in [1.29, 1.82) is 0 Å². The van der Waals surface area contributed by atoms with Crippen molar-refractivity contribution in [3.8, 4) is 0 Å². The lowest BCUT2D eigenvalue weighted by atomic mass is 10.1. The van der Waals surface area contributed by atoms with Gasteiger partial charge in [-0.3, -0.25) is 9.78 Å². The summed E-state index contributed by atoms with van der Waals surface area (Å²) in [5.41, 5.74) is 7.41. The van der Waals surface area contributed by atoms with Crippen LogP contribution < -0.4 is 11.1 Å². The van der Waals surface area contributed by atoms with E-state index in [0.717, 1.165) is 23.0 Å². The number of fused-ring (bicyclic) bond motifs is 1. The summed E-state index contributed by atoms with van der Waals surface area (Å²) in [7, 11) is 0. The van der Waals surface area contributed by atoms with Crippen LogP contribution in [0.1, 0.15) is 19.8 Å². The van der Waals surface area contributed by atoms with Crippen molar-refractivity contribution in [1.82, 2.24) is 4.98 Å². The van der Waals surface area contributed by atoms with Crippen LogP contribution in [0.5, 0.6) is 0 Å². The SMILES string of the molecule is CCC[C@H](N)C(=O)Nc1cccc2ncccc12. The number of nitrogens with two attached hydrogens (primary N) is 1. The summed E-state index contributed by atoms with van der Waals surface area (Å²) in [4.78, 5) is 16.1. The first-order valence-corrected chi connectivity index (χ1v) is 6.12. The van der Waals surface area contributed by atoms with Crippen LogP contribution in [-0.4, -0.2) is 16.9 Å². The molecule has 4 nitrogen and oxygen atoms in total. The van der Waals surface area contributed by atoms with Crippen LogP contribution in [-0.2, 0) is 4.79 Å². The summed E-state index contributed by atoms with van der Waals surface area (Å²) >= 11 is 0. The molecule has 2 aromatic rings. The van der Waals surface area contributed by atoms with Crippen molar-refractivity contribution in [2.45, 2.75) is 25.8 Å². The lowest BCUT2D eigenvalue weighted by Crippen LogP contribution is -2.35. The fraction of sp³-hybridized carbons (Fsp3) is 0.286. The summed E-state index contributed by atoms with van der Waals surface area (Å²) in [5.74, 6) is -0.145. The minimum atomic E-state index is -0.457. The number of carbonyl (C=O) groups is 1. The molecule has 94 valence electrons. The molecule has 0 fully saturated rings. The first-order valence-electron chi connectivity index (χ1n) is 6.12. The number of nitrogens with one attached hydrogen (secondary N) is 1. The summed E-state index contributed by atoms with van der Waals surface area (Å²) in [5, 5.41) is 3.79. The predicted molar refractivity (Wildman–Crippen MR) is 73.3 cm³/mol. The van der Waals surface area contributed by atoms with Crippen molar-refractivity contribution in [3.63, 3.8) is 0 Å². The molecular formula is C14H17N3O. The molecule has 1 aromatic carbocycles. The van der Waals surface area contributed by atoms with E-state index in [0.29, 0.717) is 6.42 Å². The van der Waals surface area contributed by atoms with Gasteiger partial charge in [0, 0.05) is 11.6 Å². The lowest BCUT2D eigenvalue weighted by molar-refractivity contribution is -0.117. The van der Waals surface area contributed by atoms with Crippen LogP contribution in [0.4, 0.5) is 5.69 Å². The van der Waals surface area contributed by atoms with Crippen molar-refractivity contribution in [2.75, 3.05) is 5.32 Å². The largest absolute Gasteiger partial charge is 0.324 e. The first kappa shape index (κ1) is 12.5. The number of rotatable bonds is 4. The molecule has 4 heteroatoms. The quantitative estimate of drug-likeness (QED) is 0.865. The highest BCUT2D eigenvalue weighted by Gasteiger charge is 2.13. The number of carbonyl (C=O) groups excluding carboxylic acids is 1. The smallest absolute Gasteiger partial charge is 0.241 e. The number of anilines is 1. The van der Waals surface area contributed by atoms with Gasteiger partial charge in [0.1, 0.15) is 0 Å². The van der Waals surface area contributed by atoms with Crippen LogP contribution in [0, 0.1) is 0 Å². The topological polar surface area (TPSA) is 68.0 Å². The van der Waals surface area contributed by atoms with E-state index in [1.54, 1.807) is 6.20 Å². The maximum atomic E-state index is 11.9. The molecule has 0 bridgehead atoms. The number of nitrogens with zero attached hydrogens (tertiary/aromatic N) is 1. The summed E-state index contributed by atoms with van der Waals surface area (Å²) < 4.78 is 0. The van der Waals surface area contributed by atoms with Gasteiger partial charge < -0.3 is 11.1 Å². The van der Waals surface area contributed by atoms with E-state index in [1.807, 2.05) is 37.3 Å². The molecule has 0 aliphatic rings. The average Bonchev–Trinajstić information content (AvgIpc) is 2.39. The zero-order valence-electron chi connectivity index (χ0n) is 10.4. The Balaban J connectivity index is 2.24. The number of aromatic nitrogens is 1. The number of hydrogen-bond donors (Lipinski definition) is 2. The minimum Gasteiger partial charge on any atom is -0.324 e. The predicted octanol–water partition coefficient (Wildman–Crippen LogP) is 2.30. The average molecular weight is 243 g/mol. The van der Waals surface area contributed by atoms with E-state index in [2.05, 4.69) is 10.3 Å². The third kappa shape index (κ3) is 2.65. The van der Waals surface area contributed by atoms with Crippen LogP contribution in [0.25, 0.3) is 10.9 Å². The van der Waals surface area contributed by atoms with Gasteiger partial charge in [-0.2, -0.15) is 0 Å². The molecular weight excluding hydrogens is 226 g/mol. The van der Waals surface area contributed by atoms with Gasteiger partial charge in [-0.05, 0) is 30.7 Å². The normalized spacial score (nSPS) is 12.3. The fourth-order valence-corrected chi connectivity index (χ4v) is 1.88. The van der Waals surface area contributed by atoms with Crippen molar-refractivity contribution in [2.24, 2.45) is 5.73 Å². The van der Waals surface area contributed by atoms with Gasteiger partial charge in [-0.25, -0.2) is 0 Å². The Morgan fingerprint density at radius 1 is 1.39 bits per heavy atom. The monoisotopic (exact) mass is 243 g/mol. The zero-order chi connectivity index (χ0) is 13.0. The Morgan fingerprint density at radius 2 is 2.22 bits per heavy atom. The maximum absolute atomic E-state index is 11.9. The molecule has 0 radical (unpaired) electrons. The Labute approximate surface area is 106 Å². The van der Waals surface area contributed by atoms with Gasteiger partial charge in [-0.15, -0.1) is 0 Å². The standard InChI is InChI=1S/C14H17N3O/c1-2-5-11(15)14(18)17-13-8-3-7-12-10(13)6-4-9-16-12/h3-4,6-9,11H,2,5,15H2,1H3,(H,17,18)/t11-/m0/s1. The van der Waals surface area contributed by atoms with Crippen LogP contribution in [0.15, 0.2) is 36.5 Å².